The van der Waals surface area contributed by atoms with Crippen molar-refractivity contribution in [3.63, 3.8) is 0 Å². The van der Waals surface area contributed by atoms with Crippen molar-refractivity contribution in [1.82, 2.24) is 10.3 Å². The summed E-state index contributed by atoms with van der Waals surface area (Å²) in [6, 6.07) is 2.07. The van der Waals surface area contributed by atoms with E-state index in [4.69, 9.17) is 9.47 Å². The molecule has 0 aromatic carbocycles. The topological polar surface area (TPSA) is 46.6 Å². The van der Waals surface area contributed by atoms with Gasteiger partial charge in [0.25, 0.3) is 0 Å². The molecule has 0 unspecified atom stereocenters. The molecule has 1 N–H and O–H groups in total. The van der Waals surface area contributed by atoms with E-state index in [0.717, 1.165) is 50.6 Å². The summed E-state index contributed by atoms with van der Waals surface area (Å²) in [6.07, 6.45) is 4.84. The molecule has 0 bridgehead atoms. The Kier molecular flexibility index (Phi) is 6.76. The molecule has 1 aliphatic heterocycles. The lowest BCUT2D eigenvalue weighted by molar-refractivity contribution is 0.0818. The Morgan fingerprint density at radius 3 is 3.00 bits per heavy atom. The number of ether oxygens (including phenoxy) is 2. The lowest BCUT2D eigenvalue weighted by Crippen LogP contribution is -2.27. The highest BCUT2D eigenvalue weighted by Gasteiger charge is 2.10. The van der Waals surface area contributed by atoms with Gasteiger partial charge in [0, 0.05) is 32.3 Å². The third kappa shape index (κ3) is 5.89. The van der Waals surface area contributed by atoms with Crippen LogP contribution in [0.3, 0.4) is 0 Å². The SMILES string of the molecule is CC(C)COCCOc1cncc(N2CCCNCC2)c1. The van der Waals surface area contributed by atoms with Crippen molar-refractivity contribution in [2.45, 2.75) is 20.3 Å². The van der Waals surface area contributed by atoms with Gasteiger partial charge in [-0.2, -0.15) is 0 Å². The zero-order valence-electron chi connectivity index (χ0n) is 13.2. The van der Waals surface area contributed by atoms with Crippen LogP contribution in [0.1, 0.15) is 20.3 Å². The van der Waals surface area contributed by atoms with E-state index in [2.05, 4.69) is 35.1 Å². The summed E-state index contributed by atoms with van der Waals surface area (Å²) in [5.74, 6) is 1.38. The maximum absolute atomic E-state index is 5.72. The number of anilines is 1. The second-order valence-corrected chi connectivity index (χ2v) is 5.79. The molecular weight excluding hydrogens is 266 g/mol. The van der Waals surface area contributed by atoms with Crippen LogP contribution in [0.15, 0.2) is 18.5 Å². The van der Waals surface area contributed by atoms with Gasteiger partial charge < -0.3 is 19.7 Å². The highest BCUT2D eigenvalue weighted by Crippen LogP contribution is 2.20. The van der Waals surface area contributed by atoms with Crippen LogP contribution in [0.5, 0.6) is 5.75 Å². The summed E-state index contributed by atoms with van der Waals surface area (Å²) >= 11 is 0. The van der Waals surface area contributed by atoms with Gasteiger partial charge in [-0.25, -0.2) is 0 Å². The van der Waals surface area contributed by atoms with Gasteiger partial charge in [0.15, 0.2) is 0 Å². The third-order valence-corrected chi connectivity index (χ3v) is 3.35. The summed E-state index contributed by atoms with van der Waals surface area (Å²) in [5, 5.41) is 3.41. The zero-order valence-corrected chi connectivity index (χ0v) is 13.2. The van der Waals surface area contributed by atoms with E-state index in [1.807, 2.05) is 6.20 Å². The summed E-state index contributed by atoms with van der Waals surface area (Å²) < 4.78 is 11.2. The fourth-order valence-electron chi connectivity index (χ4n) is 2.30. The molecule has 0 aliphatic carbocycles. The van der Waals surface area contributed by atoms with Crippen molar-refractivity contribution >= 4 is 5.69 Å². The van der Waals surface area contributed by atoms with Crippen molar-refractivity contribution in [2.75, 3.05) is 50.9 Å². The minimum absolute atomic E-state index is 0.562. The van der Waals surface area contributed by atoms with Gasteiger partial charge in [-0.15, -0.1) is 0 Å². The fraction of sp³-hybridized carbons (Fsp3) is 0.688. The van der Waals surface area contributed by atoms with Crippen LogP contribution in [-0.4, -0.2) is 51.0 Å². The Balaban J connectivity index is 1.80. The molecule has 0 atom stereocenters. The number of nitrogens with one attached hydrogen (secondary N) is 1. The minimum Gasteiger partial charge on any atom is -0.489 e. The summed E-state index contributed by atoms with van der Waals surface area (Å²) in [6.45, 7) is 10.5. The Morgan fingerprint density at radius 2 is 2.14 bits per heavy atom. The average Bonchev–Trinajstić information content (AvgIpc) is 2.76. The molecule has 1 aromatic rings. The summed E-state index contributed by atoms with van der Waals surface area (Å²) in [7, 11) is 0. The van der Waals surface area contributed by atoms with Crippen LogP contribution in [0.4, 0.5) is 5.69 Å². The molecule has 0 radical (unpaired) electrons. The van der Waals surface area contributed by atoms with Gasteiger partial charge in [-0.05, 0) is 18.9 Å². The molecule has 1 aromatic heterocycles. The van der Waals surface area contributed by atoms with E-state index in [0.29, 0.717) is 19.1 Å². The van der Waals surface area contributed by atoms with Gasteiger partial charge >= 0.3 is 0 Å². The molecule has 5 heteroatoms. The van der Waals surface area contributed by atoms with Crippen molar-refractivity contribution in [3.05, 3.63) is 18.5 Å². The van der Waals surface area contributed by atoms with Crippen LogP contribution in [0, 0.1) is 5.92 Å². The number of aromatic nitrogens is 1. The molecular formula is C16H27N3O2. The monoisotopic (exact) mass is 293 g/mol. The van der Waals surface area contributed by atoms with Gasteiger partial charge in [-0.3, -0.25) is 4.98 Å². The molecule has 1 fully saturated rings. The summed E-state index contributed by atoms with van der Waals surface area (Å²) in [5.41, 5.74) is 1.14. The second kappa shape index (κ2) is 8.85. The van der Waals surface area contributed by atoms with Gasteiger partial charge in [-0.1, -0.05) is 13.8 Å². The van der Waals surface area contributed by atoms with Crippen LogP contribution in [-0.2, 0) is 4.74 Å². The number of rotatable bonds is 7. The molecule has 0 saturated carbocycles. The molecule has 21 heavy (non-hydrogen) atoms. The number of hydrogen-bond donors (Lipinski definition) is 1. The molecule has 0 amide bonds. The van der Waals surface area contributed by atoms with Crippen LogP contribution in [0.2, 0.25) is 0 Å². The van der Waals surface area contributed by atoms with E-state index >= 15 is 0 Å². The Hall–Kier alpha value is -1.33. The maximum Gasteiger partial charge on any atom is 0.139 e. The Labute approximate surface area is 127 Å². The smallest absolute Gasteiger partial charge is 0.139 e. The molecule has 1 saturated heterocycles. The van der Waals surface area contributed by atoms with Crippen LogP contribution < -0.4 is 15.0 Å². The molecule has 118 valence electrons. The van der Waals surface area contributed by atoms with E-state index in [-0.39, 0.29) is 0 Å². The normalized spacial score (nSPS) is 16.0. The lowest BCUT2D eigenvalue weighted by Gasteiger charge is -2.22. The number of pyridine rings is 1. The first kappa shape index (κ1) is 16.0. The van der Waals surface area contributed by atoms with E-state index < -0.39 is 0 Å². The first-order valence-electron chi connectivity index (χ1n) is 7.87. The van der Waals surface area contributed by atoms with Crippen molar-refractivity contribution < 1.29 is 9.47 Å². The predicted octanol–water partition coefficient (Wildman–Crippen LogP) is 1.93. The van der Waals surface area contributed by atoms with Crippen LogP contribution >= 0.6 is 0 Å². The number of hydrogen-bond acceptors (Lipinski definition) is 5. The quantitative estimate of drug-likeness (QED) is 0.778. The Bertz CT molecular complexity index is 404. The maximum atomic E-state index is 5.72. The number of nitrogens with zero attached hydrogens (tertiary/aromatic N) is 2. The van der Waals surface area contributed by atoms with E-state index in [1.165, 1.54) is 0 Å². The Morgan fingerprint density at radius 1 is 1.24 bits per heavy atom. The highest BCUT2D eigenvalue weighted by atomic mass is 16.5. The van der Waals surface area contributed by atoms with Crippen molar-refractivity contribution in [2.24, 2.45) is 5.92 Å². The largest absolute Gasteiger partial charge is 0.489 e. The molecule has 1 aliphatic rings. The predicted molar refractivity (Wildman–Crippen MR) is 85.1 cm³/mol. The second-order valence-electron chi connectivity index (χ2n) is 5.79. The highest BCUT2D eigenvalue weighted by molar-refractivity contribution is 5.48. The third-order valence-electron chi connectivity index (χ3n) is 3.35. The van der Waals surface area contributed by atoms with Crippen LogP contribution in [0.25, 0.3) is 0 Å². The van der Waals surface area contributed by atoms with Crippen molar-refractivity contribution in [1.29, 1.82) is 0 Å². The molecule has 2 rings (SSSR count). The standard InChI is InChI=1S/C16H27N3O2/c1-14(2)13-20-8-9-21-16-10-15(11-18-12-16)19-6-3-4-17-5-7-19/h10-12,14,17H,3-9,13H2,1-2H3. The van der Waals surface area contributed by atoms with Gasteiger partial charge in [0.2, 0.25) is 0 Å². The van der Waals surface area contributed by atoms with E-state index in [9.17, 15) is 0 Å². The van der Waals surface area contributed by atoms with E-state index in [1.54, 1.807) is 6.20 Å². The summed E-state index contributed by atoms with van der Waals surface area (Å²) in [4.78, 5) is 6.65. The lowest BCUT2D eigenvalue weighted by atomic mass is 10.2. The van der Waals surface area contributed by atoms with Gasteiger partial charge in [0.1, 0.15) is 12.4 Å². The minimum atomic E-state index is 0.562. The van der Waals surface area contributed by atoms with Gasteiger partial charge in [0.05, 0.1) is 24.7 Å². The molecule has 5 nitrogen and oxygen atoms in total. The molecule has 2 heterocycles. The fourth-order valence-corrected chi connectivity index (χ4v) is 2.30. The first-order valence-corrected chi connectivity index (χ1v) is 7.87. The molecule has 0 spiro atoms. The average molecular weight is 293 g/mol. The first-order chi connectivity index (χ1) is 10.3. The van der Waals surface area contributed by atoms with Crippen molar-refractivity contribution in [3.8, 4) is 5.75 Å². The zero-order chi connectivity index (χ0) is 14.9.